The van der Waals surface area contributed by atoms with Crippen LogP contribution in [0.4, 0.5) is 0 Å². The Hall–Kier alpha value is -1.78. The molecule has 2 unspecified atom stereocenters. The van der Waals surface area contributed by atoms with E-state index in [1.807, 2.05) is 22.9 Å². The summed E-state index contributed by atoms with van der Waals surface area (Å²) >= 11 is 0. The molecular formula is C16H22N2O3. The van der Waals surface area contributed by atoms with Gasteiger partial charge < -0.3 is 14.6 Å². The molecule has 1 aliphatic heterocycles. The molecule has 21 heavy (non-hydrogen) atoms. The number of rotatable bonds is 3. The van der Waals surface area contributed by atoms with E-state index >= 15 is 0 Å². The Morgan fingerprint density at radius 3 is 2.67 bits per heavy atom. The molecule has 0 bridgehead atoms. The molecule has 2 aliphatic rings. The number of carboxylic acid groups (broad SMARTS) is 1. The number of nitrogens with zero attached hydrogens (tertiary/aromatic N) is 2. The van der Waals surface area contributed by atoms with Gasteiger partial charge >= 0.3 is 5.97 Å². The van der Waals surface area contributed by atoms with Crippen molar-refractivity contribution in [1.82, 2.24) is 9.47 Å². The lowest BCUT2D eigenvalue weighted by molar-refractivity contribution is -0.144. The van der Waals surface area contributed by atoms with Crippen molar-refractivity contribution >= 4 is 11.9 Å². The fraction of sp³-hybridized carbons (Fsp3) is 0.625. The zero-order valence-electron chi connectivity index (χ0n) is 12.4. The molecule has 2 heterocycles. The first-order valence-electron chi connectivity index (χ1n) is 7.78. The molecule has 3 rings (SSSR count). The quantitative estimate of drug-likeness (QED) is 0.930. The number of aromatic nitrogens is 1. The van der Waals surface area contributed by atoms with Crippen LogP contribution in [0.2, 0.25) is 0 Å². The second kappa shape index (κ2) is 5.54. The third kappa shape index (κ3) is 2.57. The Morgan fingerprint density at radius 2 is 2.05 bits per heavy atom. The molecule has 1 N–H and O–H groups in total. The van der Waals surface area contributed by atoms with Crippen LogP contribution in [0.3, 0.4) is 0 Å². The third-order valence-corrected chi connectivity index (χ3v) is 4.88. The van der Waals surface area contributed by atoms with Crippen LogP contribution in [0.5, 0.6) is 0 Å². The van der Waals surface area contributed by atoms with Gasteiger partial charge in [-0.15, -0.1) is 0 Å². The molecule has 0 aromatic carbocycles. The molecule has 5 nitrogen and oxygen atoms in total. The lowest BCUT2D eigenvalue weighted by atomic mass is 9.91. The normalized spacial score (nSPS) is 26.4. The minimum Gasteiger partial charge on any atom is -0.480 e. The van der Waals surface area contributed by atoms with E-state index in [1.165, 1.54) is 6.42 Å². The molecule has 1 aromatic heterocycles. The van der Waals surface area contributed by atoms with E-state index in [0.717, 1.165) is 19.3 Å². The van der Waals surface area contributed by atoms with E-state index in [1.54, 1.807) is 4.90 Å². The van der Waals surface area contributed by atoms with E-state index < -0.39 is 12.0 Å². The van der Waals surface area contributed by atoms with Crippen molar-refractivity contribution < 1.29 is 14.7 Å². The molecule has 0 radical (unpaired) electrons. The first-order chi connectivity index (χ1) is 10.1. The smallest absolute Gasteiger partial charge is 0.326 e. The second-order valence-corrected chi connectivity index (χ2v) is 6.37. The molecule has 2 fully saturated rings. The van der Waals surface area contributed by atoms with Gasteiger partial charge in [0, 0.05) is 18.8 Å². The molecular weight excluding hydrogens is 268 g/mol. The number of hydrogen-bond donors (Lipinski definition) is 1. The lowest BCUT2D eigenvalue weighted by Gasteiger charge is -2.37. The van der Waals surface area contributed by atoms with Crippen LogP contribution in [-0.4, -0.2) is 39.0 Å². The molecule has 2 atom stereocenters. The summed E-state index contributed by atoms with van der Waals surface area (Å²) in [5, 5.41) is 9.41. The number of piperidine rings is 1. The van der Waals surface area contributed by atoms with E-state index in [9.17, 15) is 14.7 Å². The number of carbonyl (C=O) groups is 2. The molecule has 5 heteroatoms. The first-order valence-corrected chi connectivity index (χ1v) is 7.78. The van der Waals surface area contributed by atoms with Crippen molar-refractivity contribution in [2.45, 2.75) is 51.1 Å². The van der Waals surface area contributed by atoms with Crippen LogP contribution in [0.25, 0.3) is 0 Å². The highest BCUT2D eigenvalue weighted by Crippen LogP contribution is 2.33. The third-order valence-electron chi connectivity index (χ3n) is 4.88. The zero-order chi connectivity index (χ0) is 15.0. The predicted molar refractivity (Wildman–Crippen MR) is 78.2 cm³/mol. The SMILES string of the molecule is CC1CCN(C(=O)c2cccn2C2CCC2)C(C(=O)O)C1. The monoisotopic (exact) mass is 290 g/mol. The van der Waals surface area contributed by atoms with Gasteiger partial charge in [-0.3, -0.25) is 4.79 Å². The molecule has 1 saturated heterocycles. The Balaban J connectivity index is 1.83. The maximum atomic E-state index is 12.8. The average Bonchev–Trinajstić information content (AvgIpc) is 2.84. The fourth-order valence-corrected chi connectivity index (χ4v) is 3.32. The van der Waals surface area contributed by atoms with Gasteiger partial charge in [-0.25, -0.2) is 4.79 Å². The molecule has 1 saturated carbocycles. The highest BCUT2D eigenvalue weighted by Gasteiger charge is 2.36. The summed E-state index contributed by atoms with van der Waals surface area (Å²) in [5.74, 6) is -0.670. The maximum absolute atomic E-state index is 12.8. The summed E-state index contributed by atoms with van der Waals surface area (Å²) in [6.07, 6.45) is 6.78. The van der Waals surface area contributed by atoms with Gasteiger partial charge in [0.1, 0.15) is 11.7 Å². The maximum Gasteiger partial charge on any atom is 0.326 e. The molecule has 1 aromatic rings. The predicted octanol–water partition coefficient (Wildman–Crippen LogP) is 2.54. The second-order valence-electron chi connectivity index (χ2n) is 6.37. The summed E-state index contributed by atoms with van der Waals surface area (Å²) in [6.45, 7) is 2.58. The highest BCUT2D eigenvalue weighted by atomic mass is 16.4. The topological polar surface area (TPSA) is 62.5 Å². The van der Waals surface area contributed by atoms with Crippen LogP contribution in [0.15, 0.2) is 18.3 Å². The van der Waals surface area contributed by atoms with Crippen LogP contribution < -0.4 is 0 Å². The van der Waals surface area contributed by atoms with Crippen molar-refractivity contribution in [3.05, 3.63) is 24.0 Å². The zero-order valence-corrected chi connectivity index (χ0v) is 12.4. The minimum atomic E-state index is -0.892. The van der Waals surface area contributed by atoms with E-state index in [0.29, 0.717) is 30.6 Å². The largest absolute Gasteiger partial charge is 0.480 e. The summed E-state index contributed by atoms with van der Waals surface area (Å²) in [5.41, 5.74) is 0.639. The van der Waals surface area contributed by atoms with Crippen molar-refractivity contribution in [1.29, 1.82) is 0 Å². The van der Waals surface area contributed by atoms with Gasteiger partial charge in [0.2, 0.25) is 0 Å². The van der Waals surface area contributed by atoms with Crippen LogP contribution in [-0.2, 0) is 4.79 Å². The number of carboxylic acids is 1. The summed E-state index contributed by atoms with van der Waals surface area (Å²) in [7, 11) is 0. The van der Waals surface area contributed by atoms with Gasteiger partial charge in [0.05, 0.1) is 0 Å². The van der Waals surface area contributed by atoms with Crippen molar-refractivity contribution in [3.8, 4) is 0 Å². The summed E-state index contributed by atoms with van der Waals surface area (Å²) < 4.78 is 2.03. The van der Waals surface area contributed by atoms with Gasteiger partial charge in [0.15, 0.2) is 0 Å². The van der Waals surface area contributed by atoms with Gasteiger partial charge in [-0.2, -0.15) is 0 Å². The summed E-state index contributed by atoms with van der Waals surface area (Å²) in [6, 6.07) is 3.42. The number of carbonyl (C=O) groups excluding carboxylic acids is 1. The number of aliphatic carboxylic acids is 1. The van der Waals surface area contributed by atoms with E-state index in [-0.39, 0.29) is 5.91 Å². The number of hydrogen-bond acceptors (Lipinski definition) is 2. The van der Waals surface area contributed by atoms with Crippen LogP contribution in [0, 0.1) is 5.92 Å². The van der Waals surface area contributed by atoms with Gasteiger partial charge in [-0.1, -0.05) is 6.92 Å². The lowest BCUT2D eigenvalue weighted by Crippen LogP contribution is -2.50. The molecule has 1 amide bonds. The van der Waals surface area contributed by atoms with Crippen molar-refractivity contribution in [2.75, 3.05) is 6.54 Å². The van der Waals surface area contributed by atoms with Crippen molar-refractivity contribution in [2.24, 2.45) is 5.92 Å². The molecule has 114 valence electrons. The van der Waals surface area contributed by atoms with Crippen molar-refractivity contribution in [3.63, 3.8) is 0 Å². The Kier molecular flexibility index (Phi) is 3.74. The average molecular weight is 290 g/mol. The minimum absolute atomic E-state index is 0.133. The number of amides is 1. The Labute approximate surface area is 124 Å². The Bertz CT molecular complexity index is 547. The number of likely N-dealkylation sites (tertiary alicyclic amines) is 1. The Morgan fingerprint density at radius 1 is 1.29 bits per heavy atom. The standard InChI is InChI=1S/C16H22N2O3/c1-11-7-9-18(14(10-11)16(20)21)15(19)13-6-3-8-17(13)12-4-2-5-12/h3,6,8,11-12,14H,2,4-5,7,9-10H2,1H3,(H,20,21). The van der Waals surface area contributed by atoms with Gasteiger partial charge in [-0.05, 0) is 50.2 Å². The van der Waals surface area contributed by atoms with Crippen LogP contribution in [0.1, 0.15) is 55.6 Å². The van der Waals surface area contributed by atoms with Crippen LogP contribution >= 0.6 is 0 Å². The first kappa shape index (κ1) is 14.2. The summed E-state index contributed by atoms with van der Waals surface area (Å²) in [4.78, 5) is 25.8. The molecule has 0 spiro atoms. The highest BCUT2D eigenvalue weighted by molar-refractivity contribution is 5.95. The van der Waals surface area contributed by atoms with E-state index in [4.69, 9.17) is 0 Å². The fourth-order valence-electron chi connectivity index (χ4n) is 3.32. The van der Waals surface area contributed by atoms with E-state index in [2.05, 4.69) is 6.92 Å². The van der Waals surface area contributed by atoms with Gasteiger partial charge in [0.25, 0.3) is 5.91 Å². The molecule has 1 aliphatic carbocycles.